The van der Waals surface area contributed by atoms with Crippen LogP contribution in [0.15, 0.2) is 12.1 Å². The number of carboxylic acid groups (broad SMARTS) is 1. The molecule has 1 unspecified atom stereocenters. The molecule has 0 saturated carbocycles. The molecular weight excluding hydrogens is 236 g/mol. The number of hydrogen-bond acceptors (Lipinski definition) is 4. The lowest BCUT2D eigenvalue weighted by Gasteiger charge is -2.16. The number of rotatable bonds is 6. The Kier molecular flexibility index (Phi) is 4.97. The topological polar surface area (TPSA) is 65.0 Å². The number of carboxylic acids is 1. The van der Waals surface area contributed by atoms with E-state index < -0.39 is 11.9 Å². The number of benzene rings is 1. The normalized spacial score (nSPS) is 12.0. The molecule has 1 aromatic carbocycles. The van der Waals surface area contributed by atoms with E-state index in [0.29, 0.717) is 23.7 Å². The molecule has 1 aromatic rings. The minimum atomic E-state index is -0.908. The lowest BCUT2D eigenvalue weighted by molar-refractivity contribution is -0.138. The van der Waals surface area contributed by atoms with E-state index in [1.54, 1.807) is 26.2 Å². The molecule has 0 fully saturated rings. The fraction of sp³-hybridized carbons (Fsp3) is 0.462. The van der Waals surface area contributed by atoms with Gasteiger partial charge in [0.2, 0.25) is 0 Å². The second-order valence-electron chi connectivity index (χ2n) is 3.90. The third-order valence-electron chi connectivity index (χ3n) is 2.77. The highest BCUT2D eigenvalue weighted by molar-refractivity contribution is 5.77. The highest BCUT2D eigenvalue weighted by Crippen LogP contribution is 2.34. The number of ether oxygens (including phenoxy) is 3. The third kappa shape index (κ3) is 2.92. The summed E-state index contributed by atoms with van der Waals surface area (Å²) in [6, 6.07) is 3.43. The van der Waals surface area contributed by atoms with Crippen LogP contribution in [0.25, 0.3) is 0 Å². The van der Waals surface area contributed by atoms with Crippen molar-refractivity contribution >= 4 is 5.97 Å². The Morgan fingerprint density at radius 3 is 2.28 bits per heavy atom. The molecular formula is C13H18O5. The van der Waals surface area contributed by atoms with Crippen LogP contribution in [0.2, 0.25) is 0 Å². The van der Waals surface area contributed by atoms with E-state index in [-0.39, 0.29) is 0 Å². The summed E-state index contributed by atoms with van der Waals surface area (Å²) in [5.74, 6) is -0.446. The third-order valence-corrected chi connectivity index (χ3v) is 2.77. The first-order valence-corrected chi connectivity index (χ1v) is 5.51. The number of methoxy groups -OCH3 is 3. The molecule has 0 saturated heterocycles. The van der Waals surface area contributed by atoms with Crippen LogP contribution in [0.5, 0.6) is 11.5 Å². The highest BCUT2D eigenvalue weighted by atomic mass is 16.5. The van der Waals surface area contributed by atoms with Crippen molar-refractivity contribution in [2.24, 2.45) is 0 Å². The molecule has 18 heavy (non-hydrogen) atoms. The average molecular weight is 254 g/mol. The minimum Gasteiger partial charge on any atom is -0.496 e. The summed E-state index contributed by atoms with van der Waals surface area (Å²) < 4.78 is 15.5. The molecule has 0 aromatic heterocycles. The quantitative estimate of drug-likeness (QED) is 0.841. The number of hydrogen-bond donors (Lipinski definition) is 1. The van der Waals surface area contributed by atoms with Crippen LogP contribution >= 0.6 is 0 Å². The Bertz CT molecular complexity index is 428. The molecule has 0 aliphatic heterocycles. The molecule has 5 heteroatoms. The second-order valence-corrected chi connectivity index (χ2v) is 3.90. The van der Waals surface area contributed by atoms with E-state index >= 15 is 0 Å². The summed E-state index contributed by atoms with van der Waals surface area (Å²) in [5, 5.41) is 9.07. The first-order chi connectivity index (χ1) is 8.54. The van der Waals surface area contributed by atoms with Crippen molar-refractivity contribution in [2.75, 3.05) is 21.3 Å². The second kappa shape index (κ2) is 6.26. The van der Waals surface area contributed by atoms with Gasteiger partial charge in [-0.25, -0.2) is 0 Å². The largest absolute Gasteiger partial charge is 0.496 e. The van der Waals surface area contributed by atoms with Crippen LogP contribution in [-0.4, -0.2) is 32.4 Å². The van der Waals surface area contributed by atoms with Crippen LogP contribution in [0.1, 0.15) is 24.0 Å². The van der Waals surface area contributed by atoms with Gasteiger partial charge in [0.15, 0.2) is 0 Å². The predicted molar refractivity (Wildman–Crippen MR) is 66.3 cm³/mol. The fourth-order valence-corrected chi connectivity index (χ4v) is 1.72. The average Bonchev–Trinajstić information content (AvgIpc) is 2.37. The Morgan fingerprint density at radius 1 is 1.22 bits per heavy atom. The summed E-state index contributed by atoms with van der Waals surface area (Å²) in [4.78, 5) is 11.1. The molecule has 1 N–H and O–H groups in total. The summed E-state index contributed by atoms with van der Waals surface area (Å²) in [5.41, 5.74) is 1.40. The van der Waals surface area contributed by atoms with Crippen molar-refractivity contribution in [3.8, 4) is 11.5 Å². The molecule has 1 rings (SSSR count). The fourth-order valence-electron chi connectivity index (χ4n) is 1.72. The van der Waals surface area contributed by atoms with Gasteiger partial charge in [0.1, 0.15) is 11.5 Å². The maximum Gasteiger partial charge on any atom is 0.310 e. The first-order valence-electron chi connectivity index (χ1n) is 5.51. The van der Waals surface area contributed by atoms with E-state index in [0.717, 1.165) is 5.56 Å². The van der Waals surface area contributed by atoms with E-state index in [1.165, 1.54) is 14.2 Å². The zero-order valence-corrected chi connectivity index (χ0v) is 11.0. The van der Waals surface area contributed by atoms with Gasteiger partial charge in [0, 0.05) is 18.2 Å². The molecule has 0 spiro atoms. The summed E-state index contributed by atoms with van der Waals surface area (Å²) in [7, 11) is 4.63. The van der Waals surface area contributed by atoms with Crippen LogP contribution in [0.3, 0.4) is 0 Å². The van der Waals surface area contributed by atoms with E-state index in [1.807, 2.05) is 0 Å². The van der Waals surface area contributed by atoms with Crippen molar-refractivity contribution in [3.63, 3.8) is 0 Å². The molecule has 0 heterocycles. The Labute approximate surface area is 106 Å². The SMILES string of the molecule is COCc1cc(OC)c(C(C)C(=O)O)cc1OC. The van der Waals surface area contributed by atoms with Crippen molar-refractivity contribution in [2.45, 2.75) is 19.4 Å². The molecule has 0 amide bonds. The van der Waals surface area contributed by atoms with E-state index in [4.69, 9.17) is 19.3 Å². The van der Waals surface area contributed by atoms with Gasteiger partial charge >= 0.3 is 5.97 Å². The Morgan fingerprint density at radius 2 is 1.83 bits per heavy atom. The van der Waals surface area contributed by atoms with Gasteiger partial charge in [-0.15, -0.1) is 0 Å². The molecule has 1 atom stereocenters. The Balaban J connectivity index is 3.29. The van der Waals surface area contributed by atoms with Crippen molar-refractivity contribution in [1.29, 1.82) is 0 Å². The van der Waals surface area contributed by atoms with Gasteiger partial charge in [0.05, 0.1) is 26.7 Å². The summed E-state index contributed by atoms with van der Waals surface area (Å²) in [6.07, 6.45) is 0. The molecule has 0 radical (unpaired) electrons. The maximum absolute atomic E-state index is 11.1. The summed E-state index contributed by atoms with van der Waals surface area (Å²) >= 11 is 0. The lowest BCUT2D eigenvalue weighted by atomic mass is 9.98. The van der Waals surface area contributed by atoms with E-state index in [9.17, 15) is 4.79 Å². The molecule has 0 bridgehead atoms. The Hall–Kier alpha value is -1.75. The number of aliphatic carboxylic acids is 1. The van der Waals surface area contributed by atoms with Gasteiger partial charge in [-0.1, -0.05) is 0 Å². The van der Waals surface area contributed by atoms with Gasteiger partial charge in [-0.2, -0.15) is 0 Å². The molecule has 100 valence electrons. The minimum absolute atomic E-state index is 0.376. The molecule has 0 aliphatic carbocycles. The molecule has 0 aliphatic rings. The van der Waals surface area contributed by atoms with Gasteiger partial charge in [-0.3, -0.25) is 4.79 Å². The highest BCUT2D eigenvalue weighted by Gasteiger charge is 2.21. The monoisotopic (exact) mass is 254 g/mol. The van der Waals surface area contributed by atoms with Crippen LogP contribution in [-0.2, 0) is 16.1 Å². The van der Waals surface area contributed by atoms with Gasteiger partial charge in [0.25, 0.3) is 0 Å². The van der Waals surface area contributed by atoms with Gasteiger partial charge in [-0.05, 0) is 19.1 Å². The summed E-state index contributed by atoms with van der Waals surface area (Å²) in [6.45, 7) is 1.98. The van der Waals surface area contributed by atoms with Crippen LogP contribution in [0.4, 0.5) is 0 Å². The number of carbonyl (C=O) groups is 1. The van der Waals surface area contributed by atoms with Gasteiger partial charge < -0.3 is 19.3 Å². The maximum atomic E-state index is 11.1. The zero-order chi connectivity index (χ0) is 13.7. The first kappa shape index (κ1) is 14.3. The standard InChI is InChI=1S/C13H18O5/c1-8(13(14)15)10-6-11(17-3)9(7-16-2)5-12(10)18-4/h5-6,8H,7H2,1-4H3,(H,14,15). The van der Waals surface area contributed by atoms with Crippen molar-refractivity contribution in [3.05, 3.63) is 23.3 Å². The zero-order valence-electron chi connectivity index (χ0n) is 11.0. The van der Waals surface area contributed by atoms with Crippen LogP contribution in [0, 0.1) is 0 Å². The lowest BCUT2D eigenvalue weighted by Crippen LogP contribution is -2.10. The van der Waals surface area contributed by atoms with E-state index in [2.05, 4.69) is 0 Å². The van der Waals surface area contributed by atoms with Crippen LogP contribution < -0.4 is 9.47 Å². The van der Waals surface area contributed by atoms with Crippen molar-refractivity contribution < 1.29 is 24.1 Å². The molecule has 5 nitrogen and oxygen atoms in total. The smallest absolute Gasteiger partial charge is 0.310 e. The predicted octanol–water partition coefficient (Wildman–Crippen LogP) is 2.04. The van der Waals surface area contributed by atoms with Crippen molar-refractivity contribution in [1.82, 2.24) is 0 Å².